The molecule has 0 unspecified atom stereocenters. The lowest BCUT2D eigenvalue weighted by Crippen LogP contribution is -2.33. The van der Waals surface area contributed by atoms with Crippen molar-refractivity contribution in [2.24, 2.45) is 5.84 Å². The summed E-state index contributed by atoms with van der Waals surface area (Å²) in [4.78, 5) is 13.5. The molecule has 1 heterocycles. The van der Waals surface area contributed by atoms with E-state index >= 15 is 0 Å². The molecule has 1 aromatic rings. The number of hydrogen-bond donors (Lipinski definition) is 2. The van der Waals surface area contributed by atoms with Crippen molar-refractivity contribution in [3.8, 4) is 0 Å². The number of carbonyl (C=O) groups excluding carboxylic acids is 1. The van der Waals surface area contributed by atoms with E-state index in [0.29, 0.717) is 19.2 Å². The molecule has 18 heavy (non-hydrogen) atoms. The number of amides is 1. The number of nitrogens with zero attached hydrogens (tertiary/aromatic N) is 1. The Hall–Kier alpha value is -1.37. The second kappa shape index (κ2) is 7.15. The Morgan fingerprint density at radius 3 is 2.83 bits per heavy atom. The number of nitrogens with one attached hydrogen (secondary N) is 1. The van der Waals surface area contributed by atoms with Crippen molar-refractivity contribution in [2.75, 3.05) is 20.3 Å². The highest BCUT2D eigenvalue weighted by atomic mass is 16.5. The summed E-state index contributed by atoms with van der Waals surface area (Å²) < 4.78 is 10.5. The van der Waals surface area contributed by atoms with E-state index in [1.54, 1.807) is 19.2 Å². The highest BCUT2D eigenvalue weighted by Gasteiger charge is 2.14. The molecular formula is C12H21N3O3. The summed E-state index contributed by atoms with van der Waals surface area (Å²) in [5.41, 5.74) is 2.04. The van der Waals surface area contributed by atoms with Gasteiger partial charge in [0.25, 0.3) is 0 Å². The molecule has 6 heteroatoms. The van der Waals surface area contributed by atoms with Crippen molar-refractivity contribution in [1.82, 2.24) is 10.3 Å². The first-order valence-electron chi connectivity index (χ1n) is 5.91. The minimum absolute atomic E-state index is 0.225. The maximum absolute atomic E-state index is 11.3. The second-order valence-electron chi connectivity index (χ2n) is 4.30. The predicted molar refractivity (Wildman–Crippen MR) is 67.8 cm³/mol. The first-order chi connectivity index (χ1) is 8.58. The first kappa shape index (κ1) is 14.7. The first-order valence-corrected chi connectivity index (χ1v) is 5.91. The third-order valence-electron chi connectivity index (χ3n) is 2.69. The van der Waals surface area contributed by atoms with Crippen LogP contribution in [-0.4, -0.2) is 37.1 Å². The van der Waals surface area contributed by atoms with Gasteiger partial charge in [0, 0.05) is 19.7 Å². The number of hydrazine groups is 1. The number of carbonyl (C=O) groups is 1. The Morgan fingerprint density at radius 1 is 1.56 bits per heavy atom. The normalized spacial score (nSPS) is 11.2. The van der Waals surface area contributed by atoms with Crippen molar-refractivity contribution >= 4 is 5.91 Å². The molecule has 3 N–H and O–H groups in total. The molecule has 0 aliphatic rings. The Kier molecular flexibility index (Phi) is 5.84. The molecule has 0 radical (unpaired) electrons. The van der Waals surface area contributed by atoms with Gasteiger partial charge >= 0.3 is 5.91 Å². The molecule has 0 aromatic carbocycles. The quantitative estimate of drug-likeness (QED) is 0.427. The van der Waals surface area contributed by atoms with E-state index in [1.165, 1.54) is 0 Å². The third-order valence-corrected chi connectivity index (χ3v) is 2.69. The van der Waals surface area contributed by atoms with Crippen molar-refractivity contribution in [3.63, 3.8) is 0 Å². The molecule has 102 valence electrons. The lowest BCUT2D eigenvalue weighted by atomic mass is 10.3. The van der Waals surface area contributed by atoms with E-state index in [4.69, 9.17) is 15.0 Å². The fraction of sp³-hybridized carbons (Fsp3) is 0.583. The fourth-order valence-corrected chi connectivity index (χ4v) is 1.58. The van der Waals surface area contributed by atoms with Crippen LogP contribution in [-0.2, 0) is 11.3 Å². The van der Waals surface area contributed by atoms with Crippen LogP contribution in [0.5, 0.6) is 0 Å². The maximum Gasteiger partial charge on any atom is 0.300 e. The van der Waals surface area contributed by atoms with E-state index in [9.17, 15) is 4.79 Å². The summed E-state index contributed by atoms with van der Waals surface area (Å²) in [5.74, 6) is 5.58. The highest BCUT2D eigenvalue weighted by Crippen LogP contribution is 2.12. The molecule has 0 fully saturated rings. The predicted octanol–water partition coefficient (Wildman–Crippen LogP) is 0.740. The van der Waals surface area contributed by atoms with Gasteiger partial charge in [-0.05, 0) is 26.0 Å². The van der Waals surface area contributed by atoms with E-state index < -0.39 is 5.91 Å². The summed E-state index contributed by atoms with van der Waals surface area (Å²) in [6, 6.07) is 3.77. The number of nitrogens with two attached hydrogens (primary N) is 1. The van der Waals surface area contributed by atoms with Crippen LogP contribution in [0.2, 0.25) is 0 Å². The zero-order chi connectivity index (χ0) is 13.5. The van der Waals surface area contributed by atoms with Gasteiger partial charge in [-0.1, -0.05) is 0 Å². The molecule has 1 rings (SSSR count). The van der Waals surface area contributed by atoms with E-state index in [-0.39, 0.29) is 5.76 Å². The Balaban J connectivity index is 2.63. The zero-order valence-electron chi connectivity index (χ0n) is 11.1. The molecule has 0 aliphatic carbocycles. The van der Waals surface area contributed by atoms with Crippen molar-refractivity contribution < 1.29 is 13.9 Å². The van der Waals surface area contributed by atoms with Crippen molar-refractivity contribution in [3.05, 3.63) is 23.7 Å². The summed E-state index contributed by atoms with van der Waals surface area (Å²) in [6.45, 7) is 6.32. The SMILES string of the molecule is COCCN(Cc1ccc(C(=O)NN)o1)C(C)C. The lowest BCUT2D eigenvalue weighted by molar-refractivity contribution is 0.0916. The standard InChI is InChI=1S/C12H21N3O3/c1-9(2)15(6-7-17-3)8-10-4-5-11(18-10)12(16)14-13/h4-5,9H,6-8,13H2,1-3H3,(H,14,16). The number of hydrogen-bond acceptors (Lipinski definition) is 5. The van der Waals surface area contributed by atoms with Gasteiger partial charge in [0.05, 0.1) is 13.2 Å². The molecule has 0 saturated heterocycles. The summed E-state index contributed by atoms with van der Waals surface area (Å²) in [7, 11) is 1.68. The topological polar surface area (TPSA) is 80.7 Å². The van der Waals surface area contributed by atoms with Gasteiger partial charge in [-0.2, -0.15) is 0 Å². The third kappa shape index (κ3) is 4.14. The number of rotatable bonds is 7. The zero-order valence-corrected chi connectivity index (χ0v) is 11.1. The Bertz CT molecular complexity index is 376. The van der Waals surface area contributed by atoms with Crippen molar-refractivity contribution in [1.29, 1.82) is 0 Å². The average Bonchev–Trinajstić information content (AvgIpc) is 2.81. The Labute approximate surface area is 107 Å². The molecule has 0 atom stereocenters. The molecule has 1 amide bonds. The second-order valence-corrected chi connectivity index (χ2v) is 4.30. The molecular weight excluding hydrogens is 234 g/mol. The van der Waals surface area contributed by atoms with Gasteiger partial charge in [-0.25, -0.2) is 5.84 Å². The maximum atomic E-state index is 11.3. The van der Waals surface area contributed by atoms with Gasteiger partial charge in [-0.15, -0.1) is 0 Å². The summed E-state index contributed by atoms with van der Waals surface area (Å²) in [6.07, 6.45) is 0. The van der Waals surface area contributed by atoms with Crippen LogP contribution in [0.1, 0.15) is 30.2 Å². The monoisotopic (exact) mass is 255 g/mol. The number of methoxy groups -OCH3 is 1. The van der Waals surface area contributed by atoms with Gasteiger partial charge in [0.2, 0.25) is 0 Å². The van der Waals surface area contributed by atoms with Crippen LogP contribution in [0, 0.1) is 0 Å². The van der Waals surface area contributed by atoms with Crippen LogP contribution < -0.4 is 11.3 Å². The molecule has 0 saturated carbocycles. The van der Waals surface area contributed by atoms with Gasteiger partial charge in [-0.3, -0.25) is 15.1 Å². The molecule has 0 spiro atoms. The number of nitrogen functional groups attached to an aromatic ring is 1. The van der Waals surface area contributed by atoms with Gasteiger partial charge in [0.1, 0.15) is 5.76 Å². The van der Waals surface area contributed by atoms with Crippen LogP contribution in [0.3, 0.4) is 0 Å². The smallest absolute Gasteiger partial charge is 0.300 e. The molecule has 1 aromatic heterocycles. The molecule has 0 aliphatic heterocycles. The fourth-order valence-electron chi connectivity index (χ4n) is 1.58. The number of furan rings is 1. The summed E-state index contributed by atoms with van der Waals surface area (Å²) >= 11 is 0. The van der Waals surface area contributed by atoms with E-state index in [0.717, 1.165) is 12.3 Å². The highest BCUT2D eigenvalue weighted by molar-refractivity contribution is 5.90. The minimum atomic E-state index is -0.422. The van der Waals surface area contributed by atoms with E-state index in [1.807, 2.05) is 5.43 Å². The molecule has 6 nitrogen and oxygen atoms in total. The average molecular weight is 255 g/mol. The van der Waals surface area contributed by atoms with Crippen molar-refractivity contribution in [2.45, 2.75) is 26.4 Å². The van der Waals surface area contributed by atoms with Gasteiger partial charge < -0.3 is 9.15 Å². The van der Waals surface area contributed by atoms with Crippen LogP contribution in [0.25, 0.3) is 0 Å². The van der Waals surface area contributed by atoms with Crippen LogP contribution in [0.4, 0.5) is 0 Å². The number of ether oxygens (including phenoxy) is 1. The lowest BCUT2D eigenvalue weighted by Gasteiger charge is -2.24. The van der Waals surface area contributed by atoms with Crippen LogP contribution >= 0.6 is 0 Å². The molecule has 0 bridgehead atoms. The van der Waals surface area contributed by atoms with Gasteiger partial charge in [0.15, 0.2) is 5.76 Å². The minimum Gasteiger partial charge on any atom is -0.455 e. The Morgan fingerprint density at radius 2 is 2.28 bits per heavy atom. The summed E-state index contributed by atoms with van der Waals surface area (Å²) in [5, 5.41) is 0. The van der Waals surface area contributed by atoms with Crippen LogP contribution in [0.15, 0.2) is 16.5 Å². The van der Waals surface area contributed by atoms with E-state index in [2.05, 4.69) is 18.7 Å². The largest absolute Gasteiger partial charge is 0.455 e.